The average molecular weight is 431 g/mol. The minimum absolute atomic E-state index is 0.0105. The Morgan fingerprint density at radius 3 is 2.38 bits per heavy atom. The number of carbonyl (C=O) groups is 1. The molecule has 0 spiro atoms. The lowest BCUT2D eigenvalue weighted by Gasteiger charge is -2.27. The highest BCUT2D eigenvalue weighted by Crippen LogP contribution is 2.11. The van der Waals surface area contributed by atoms with E-state index in [0.29, 0.717) is 11.3 Å². The summed E-state index contributed by atoms with van der Waals surface area (Å²) in [4.78, 5) is 17.7. The molecule has 7 nitrogen and oxygen atoms in total. The highest BCUT2D eigenvalue weighted by atomic mass is 16.2. The van der Waals surface area contributed by atoms with Crippen LogP contribution in [-0.2, 0) is 6.42 Å². The van der Waals surface area contributed by atoms with Gasteiger partial charge in [0.25, 0.3) is 5.91 Å². The number of nitrogens with zero attached hydrogens (tertiary/aromatic N) is 3. The Labute approximate surface area is 189 Å². The summed E-state index contributed by atoms with van der Waals surface area (Å²) in [6.45, 7) is 3.18. The molecule has 0 aliphatic carbocycles. The number of anilines is 1. The van der Waals surface area contributed by atoms with Crippen LogP contribution in [0.15, 0.2) is 73.1 Å². The molecule has 0 atom stereocenters. The molecule has 4 rings (SSSR count). The number of hydrogen-bond acceptors (Lipinski definition) is 6. The summed E-state index contributed by atoms with van der Waals surface area (Å²) >= 11 is 0. The van der Waals surface area contributed by atoms with E-state index in [1.165, 1.54) is 24.4 Å². The standard InChI is InChI=1S/C14H11N.C10H14N4O.CH5N/c15-11-14-8-4-7-13(10-14)9-12-5-2-1-3-6-12;11-9-5-8(6-13-7-9)10(15)14-3-1-12-2-4-14;1-2/h1-8,10H,9H2;5-7,12H,1-4,11H2;2H2,1H3. The van der Waals surface area contributed by atoms with E-state index in [9.17, 15) is 4.79 Å². The first-order chi connectivity index (χ1) is 15.7. The summed E-state index contributed by atoms with van der Waals surface area (Å²) in [7, 11) is 1.50. The van der Waals surface area contributed by atoms with Gasteiger partial charge in [0.2, 0.25) is 0 Å². The maximum Gasteiger partial charge on any atom is 0.255 e. The molecule has 2 heterocycles. The van der Waals surface area contributed by atoms with Crippen molar-refractivity contribution in [1.29, 1.82) is 5.26 Å². The summed E-state index contributed by atoms with van der Waals surface area (Å²) in [6, 6.07) is 21.8. The highest BCUT2D eigenvalue weighted by molar-refractivity contribution is 5.94. The molecule has 1 amide bonds. The number of piperazine rings is 1. The van der Waals surface area contributed by atoms with Crippen molar-refractivity contribution in [1.82, 2.24) is 15.2 Å². The summed E-state index contributed by atoms with van der Waals surface area (Å²) in [6.07, 6.45) is 3.98. The van der Waals surface area contributed by atoms with Crippen LogP contribution in [0.1, 0.15) is 27.0 Å². The van der Waals surface area contributed by atoms with Crippen molar-refractivity contribution < 1.29 is 4.79 Å². The van der Waals surface area contributed by atoms with Gasteiger partial charge in [0.15, 0.2) is 0 Å². The van der Waals surface area contributed by atoms with Crippen LogP contribution >= 0.6 is 0 Å². The Hall–Kier alpha value is -3.73. The molecule has 2 aromatic carbocycles. The van der Waals surface area contributed by atoms with Crippen LogP contribution in [-0.4, -0.2) is 49.0 Å². The van der Waals surface area contributed by atoms with Gasteiger partial charge in [-0.2, -0.15) is 5.26 Å². The number of rotatable bonds is 3. The first-order valence-electron chi connectivity index (χ1n) is 10.5. The van der Waals surface area contributed by atoms with Gasteiger partial charge in [-0.25, -0.2) is 0 Å². The Morgan fingerprint density at radius 1 is 1.03 bits per heavy atom. The largest absolute Gasteiger partial charge is 0.397 e. The van der Waals surface area contributed by atoms with Gasteiger partial charge in [0.1, 0.15) is 0 Å². The fourth-order valence-electron chi connectivity index (χ4n) is 3.21. The first-order valence-corrected chi connectivity index (χ1v) is 10.5. The molecule has 5 N–H and O–H groups in total. The second-order valence-electron chi connectivity index (χ2n) is 7.02. The third-order valence-electron chi connectivity index (χ3n) is 4.72. The summed E-state index contributed by atoms with van der Waals surface area (Å²) in [5, 5.41) is 12.0. The van der Waals surface area contributed by atoms with E-state index in [0.717, 1.165) is 38.2 Å². The van der Waals surface area contributed by atoms with Gasteiger partial charge < -0.3 is 21.7 Å². The molecule has 7 heteroatoms. The van der Waals surface area contributed by atoms with Crippen molar-refractivity contribution >= 4 is 11.6 Å². The number of aromatic nitrogens is 1. The Balaban J connectivity index is 0.000000211. The van der Waals surface area contributed by atoms with E-state index in [2.05, 4.69) is 34.2 Å². The SMILES string of the molecule is CN.N#Cc1cccc(Cc2ccccc2)c1.Nc1cncc(C(=O)N2CCNCC2)c1. The number of nitrogen functional groups attached to an aromatic ring is 1. The van der Waals surface area contributed by atoms with Crippen LogP contribution in [0.5, 0.6) is 0 Å². The zero-order chi connectivity index (χ0) is 23.2. The summed E-state index contributed by atoms with van der Waals surface area (Å²) in [5.74, 6) is 0.0105. The Kier molecular flexibility index (Phi) is 10.4. The van der Waals surface area contributed by atoms with Crippen molar-refractivity contribution in [3.63, 3.8) is 0 Å². The van der Waals surface area contributed by atoms with Crippen LogP contribution < -0.4 is 16.8 Å². The van der Waals surface area contributed by atoms with E-state index >= 15 is 0 Å². The average Bonchev–Trinajstić information content (AvgIpc) is 2.86. The molecule has 0 radical (unpaired) electrons. The van der Waals surface area contributed by atoms with E-state index in [1.54, 1.807) is 12.3 Å². The molecule has 3 aromatic rings. The molecule has 1 aromatic heterocycles. The maximum absolute atomic E-state index is 12.0. The van der Waals surface area contributed by atoms with Gasteiger partial charge in [-0.3, -0.25) is 9.78 Å². The molecule has 0 bridgehead atoms. The van der Waals surface area contributed by atoms with Crippen LogP contribution in [0.3, 0.4) is 0 Å². The van der Waals surface area contributed by atoms with Gasteiger partial charge in [-0.05, 0) is 42.8 Å². The molecule has 0 unspecified atom stereocenters. The number of benzene rings is 2. The minimum Gasteiger partial charge on any atom is -0.397 e. The third kappa shape index (κ3) is 7.84. The first kappa shape index (κ1) is 24.5. The number of nitriles is 1. The molecule has 0 saturated carbocycles. The zero-order valence-electron chi connectivity index (χ0n) is 18.4. The van der Waals surface area contributed by atoms with E-state index in [4.69, 9.17) is 11.0 Å². The maximum atomic E-state index is 12.0. The van der Waals surface area contributed by atoms with Crippen LogP contribution in [0.4, 0.5) is 5.69 Å². The molecule has 32 heavy (non-hydrogen) atoms. The number of carbonyl (C=O) groups excluding carboxylic acids is 1. The van der Waals surface area contributed by atoms with E-state index < -0.39 is 0 Å². The third-order valence-corrected chi connectivity index (χ3v) is 4.72. The fraction of sp³-hybridized carbons (Fsp3) is 0.240. The zero-order valence-corrected chi connectivity index (χ0v) is 18.4. The van der Waals surface area contributed by atoms with Gasteiger partial charge in [0, 0.05) is 38.6 Å². The van der Waals surface area contributed by atoms with Gasteiger partial charge in [-0.15, -0.1) is 0 Å². The van der Waals surface area contributed by atoms with Crippen molar-refractivity contribution in [2.24, 2.45) is 5.73 Å². The number of pyridine rings is 1. The predicted molar refractivity (Wildman–Crippen MR) is 128 cm³/mol. The number of amides is 1. The van der Waals surface area contributed by atoms with Gasteiger partial charge >= 0.3 is 0 Å². The molecular formula is C25H30N6O. The van der Waals surface area contributed by atoms with Crippen molar-refractivity contribution in [2.75, 3.05) is 39.0 Å². The topological polar surface area (TPSA) is 121 Å². The lowest BCUT2D eigenvalue weighted by atomic mass is 10.0. The molecule has 1 fully saturated rings. The Bertz CT molecular complexity index is 1010. The number of nitrogens with two attached hydrogens (primary N) is 2. The number of hydrogen-bond donors (Lipinski definition) is 3. The Morgan fingerprint density at radius 2 is 1.72 bits per heavy atom. The second-order valence-corrected chi connectivity index (χ2v) is 7.02. The molecular weight excluding hydrogens is 400 g/mol. The molecule has 166 valence electrons. The van der Waals surface area contributed by atoms with Crippen molar-refractivity contribution in [2.45, 2.75) is 6.42 Å². The van der Waals surface area contributed by atoms with Crippen molar-refractivity contribution in [3.8, 4) is 6.07 Å². The molecule has 1 aliphatic heterocycles. The van der Waals surface area contributed by atoms with Crippen LogP contribution in [0.25, 0.3) is 0 Å². The van der Waals surface area contributed by atoms with Gasteiger partial charge in [0.05, 0.1) is 22.9 Å². The van der Waals surface area contributed by atoms with Crippen LogP contribution in [0.2, 0.25) is 0 Å². The lowest BCUT2D eigenvalue weighted by molar-refractivity contribution is 0.0735. The van der Waals surface area contributed by atoms with Gasteiger partial charge in [-0.1, -0.05) is 42.5 Å². The lowest BCUT2D eigenvalue weighted by Crippen LogP contribution is -2.46. The smallest absolute Gasteiger partial charge is 0.255 e. The quantitative estimate of drug-likeness (QED) is 0.587. The monoisotopic (exact) mass is 430 g/mol. The van der Waals surface area contributed by atoms with E-state index in [-0.39, 0.29) is 5.91 Å². The minimum atomic E-state index is 0.0105. The molecule has 1 saturated heterocycles. The second kappa shape index (κ2) is 13.5. The summed E-state index contributed by atoms with van der Waals surface area (Å²) in [5.41, 5.74) is 14.3. The highest BCUT2D eigenvalue weighted by Gasteiger charge is 2.17. The predicted octanol–water partition coefficient (Wildman–Crippen LogP) is 2.43. The van der Waals surface area contributed by atoms with E-state index in [1.807, 2.05) is 47.4 Å². The fourth-order valence-corrected chi connectivity index (χ4v) is 3.21. The van der Waals surface area contributed by atoms with Crippen LogP contribution in [0, 0.1) is 11.3 Å². The summed E-state index contributed by atoms with van der Waals surface area (Å²) < 4.78 is 0. The number of nitrogens with one attached hydrogen (secondary N) is 1. The normalized spacial score (nSPS) is 12.3. The molecule has 1 aliphatic rings. The van der Waals surface area contributed by atoms with Crippen molar-refractivity contribution in [3.05, 3.63) is 95.3 Å².